The zero-order valence-corrected chi connectivity index (χ0v) is 15.1. The monoisotopic (exact) mass is 357 g/mol. The molecule has 0 amide bonds. The van der Waals surface area contributed by atoms with Gasteiger partial charge in [-0.3, -0.25) is 0 Å². The van der Waals surface area contributed by atoms with E-state index in [0.29, 0.717) is 0 Å². The predicted molar refractivity (Wildman–Crippen MR) is 106 cm³/mol. The van der Waals surface area contributed by atoms with Crippen LogP contribution in [0.4, 0.5) is 0 Å². The summed E-state index contributed by atoms with van der Waals surface area (Å²) in [6.45, 7) is 1.66. The molecule has 5 heteroatoms. The lowest BCUT2D eigenvalue weighted by atomic mass is 10.1. The number of rotatable bonds is 8. The molecule has 4 rings (SSSR count). The number of H-pyrrole nitrogens is 1. The van der Waals surface area contributed by atoms with Gasteiger partial charge in [-0.05, 0) is 11.1 Å². The second kappa shape index (κ2) is 8.47. The molecular weight excluding hydrogens is 334 g/mol. The summed E-state index contributed by atoms with van der Waals surface area (Å²) in [5.41, 5.74) is 2.47. The molecular formula is C22H23N5. The molecule has 0 saturated heterocycles. The van der Waals surface area contributed by atoms with Gasteiger partial charge < -0.3 is 14.9 Å². The van der Waals surface area contributed by atoms with Gasteiger partial charge in [0.2, 0.25) is 0 Å². The first-order chi connectivity index (χ1) is 13.4. The van der Waals surface area contributed by atoms with E-state index in [1.165, 1.54) is 11.1 Å². The van der Waals surface area contributed by atoms with Gasteiger partial charge in [-0.25, -0.2) is 9.97 Å². The first-order valence-corrected chi connectivity index (χ1v) is 9.22. The fourth-order valence-corrected chi connectivity index (χ4v) is 3.27. The molecule has 0 saturated carbocycles. The Balaban J connectivity index is 1.42. The molecule has 136 valence electrons. The molecule has 1 atom stereocenters. The van der Waals surface area contributed by atoms with Crippen LogP contribution in [0.3, 0.4) is 0 Å². The number of aromatic nitrogens is 4. The average Bonchev–Trinajstić information content (AvgIpc) is 3.39. The molecule has 5 nitrogen and oxygen atoms in total. The highest BCUT2D eigenvalue weighted by atomic mass is 15.1. The lowest BCUT2D eigenvalue weighted by Gasteiger charge is -2.17. The van der Waals surface area contributed by atoms with Gasteiger partial charge >= 0.3 is 0 Å². The van der Waals surface area contributed by atoms with E-state index >= 15 is 0 Å². The van der Waals surface area contributed by atoms with Gasteiger partial charge in [0.25, 0.3) is 0 Å². The summed E-state index contributed by atoms with van der Waals surface area (Å²) in [7, 11) is 0. The number of hydrogen-bond acceptors (Lipinski definition) is 3. The number of benzene rings is 2. The molecule has 0 radical (unpaired) electrons. The van der Waals surface area contributed by atoms with Crippen molar-refractivity contribution in [3.63, 3.8) is 0 Å². The molecule has 0 spiro atoms. The lowest BCUT2D eigenvalue weighted by molar-refractivity contribution is 0.567. The molecule has 4 aromatic rings. The SMILES string of the molecule is c1ccc(Cn2ccnc2CCN[C@@H](c2ccccc2)c2ncc[nH]2)cc1. The first kappa shape index (κ1) is 17.2. The molecule has 2 aromatic heterocycles. The minimum absolute atomic E-state index is 0.0405. The molecule has 0 aliphatic heterocycles. The van der Waals surface area contributed by atoms with Gasteiger partial charge in [-0.15, -0.1) is 0 Å². The Morgan fingerprint density at radius 1 is 0.926 bits per heavy atom. The lowest BCUT2D eigenvalue weighted by Crippen LogP contribution is -2.26. The van der Waals surface area contributed by atoms with Crippen LogP contribution in [0.15, 0.2) is 85.5 Å². The van der Waals surface area contributed by atoms with Gasteiger partial charge in [0.1, 0.15) is 11.6 Å². The first-order valence-electron chi connectivity index (χ1n) is 9.22. The zero-order chi connectivity index (χ0) is 18.3. The fraction of sp³-hybridized carbons (Fsp3) is 0.182. The number of nitrogens with one attached hydrogen (secondary N) is 2. The number of aromatic amines is 1. The van der Waals surface area contributed by atoms with E-state index in [0.717, 1.165) is 31.2 Å². The van der Waals surface area contributed by atoms with Crippen LogP contribution in [0.5, 0.6) is 0 Å². The van der Waals surface area contributed by atoms with Crippen molar-refractivity contribution in [3.05, 3.63) is 108 Å². The maximum Gasteiger partial charge on any atom is 0.127 e. The molecule has 0 aliphatic rings. The maximum atomic E-state index is 4.54. The quantitative estimate of drug-likeness (QED) is 0.507. The second-order valence-corrected chi connectivity index (χ2v) is 6.48. The molecule has 2 N–H and O–H groups in total. The van der Waals surface area contributed by atoms with E-state index in [4.69, 9.17) is 0 Å². The highest BCUT2D eigenvalue weighted by Crippen LogP contribution is 2.18. The van der Waals surface area contributed by atoms with E-state index < -0.39 is 0 Å². The topological polar surface area (TPSA) is 58.5 Å². The van der Waals surface area contributed by atoms with Crippen molar-refractivity contribution < 1.29 is 0 Å². The smallest absolute Gasteiger partial charge is 0.127 e. The number of hydrogen-bond donors (Lipinski definition) is 2. The second-order valence-electron chi connectivity index (χ2n) is 6.48. The van der Waals surface area contributed by atoms with Crippen molar-refractivity contribution in [3.8, 4) is 0 Å². The summed E-state index contributed by atoms with van der Waals surface area (Å²) in [5.74, 6) is 2.01. The van der Waals surface area contributed by atoms with E-state index in [9.17, 15) is 0 Å². The van der Waals surface area contributed by atoms with Crippen molar-refractivity contribution in [1.82, 2.24) is 24.8 Å². The van der Waals surface area contributed by atoms with Crippen LogP contribution < -0.4 is 5.32 Å². The minimum Gasteiger partial charge on any atom is -0.347 e. The zero-order valence-electron chi connectivity index (χ0n) is 15.1. The highest BCUT2D eigenvalue weighted by molar-refractivity contribution is 5.24. The summed E-state index contributed by atoms with van der Waals surface area (Å²) in [5, 5.41) is 3.62. The Labute approximate surface area is 159 Å². The predicted octanol–water partition coefficient (Wildman–Crippen LogP) is 3.58. The van der Waals surface area contributed by atoms with E-state index in [1.54, 1.807) is 6.20 Å². The molecule has 0 fully saturated rings. The molecule has 0 unspecified atom stereocenters. The Hall–Kier alpha value is -3.18. The number of imidazole rings is 2. The maximum absolute atomic E-state index is 4.54. The molecule has 0 bridgehead atoms. The van der Waals surface area contributed by atoms with Crippen LogP contribution in [0.1, 0.15) is 28.8 Å². The van der Waals surface area contributed by atoms with Crippen LogP contribution in [0, 0.1) is 0 Å². The fourth-order valence-electron chi connectivity index (χ4n) is 3.27. The van der Waals surface area contributed by atoms with E-state index in [2.05, 4.69) is 73.4 Å². The van der Waals surface area contributed by atoms with Crippen molar-refractivity contribution in [2.75, 3.05) is 6.54 Å². The van der Waals surface area contributed by atoms with Crippen LogP contribution in [0.2, 0.25) is 0 Å². The van der Waals surface area contributed by atoms with Crippen molar-refractivity contribution in [2.45, 2.75) is 19.0 Å². The van der Waals surface area contributed by atoms with Crippen molar-refractivity contribution >= 4 is 0 Å². The summed E-state index contributed by atoms with van der Waals surface area (Å²) in [4.78, 5) is 12.2. The van der Waals surface area contributed by atoms with Gasteiger partial charge in [-0.2, -0.15) is 0 Å². The Kier molecular flexibility index (Phi) is 5.41. The van der Waals surface area contributed by atoms with Crippen LogP contribution in [0.25, 0.3) is 0 Å². The van der Waals surface area contributed by atoms with Crippen LogP contribution >= 0.6 is 0 Å². The van der Waals surface area contributed by atoms with Gasteiger partial charge in [0.15, 0.2) is 0 Å². The molecule has 0 aliphatic carbocycles. The molecule has 2 heterocycles. The average molecular weight is 357 g/mol. The summed E-state index contributed by atoms with van der Waals surface area (Å²) in [6.07, 6.45) is 8.42. The van der Waals surface area contributed by atoms with Gasteiger partial charge in [0, 0.05) is 44.3 Å². The Bertz CT molecular complexity index is 929. The largest absolute Gasteiger partial charge is 0.347 e. The Morgan fingerprint density at radius 2 is 1.70 bits per heavy atom. The Morgan fingerprint density at radius 3 is 2.44 bits per heavy atom. The third-order valence-electron chi connectivity index (χ3n) is 4.62. The van der Waals surface area contributed by atoms with E-state index in [-0.39, 0.29) is 6.04 Å². The molecule has 27 heavy (non-hydrogen) atoms. The summed E-state index contributed by atoms with van der Waals surface area (Å²) < 4.78 is 2.21. The van der Waals surface area contributed by atoms with Crippen molar-refractivity contribution in [1.29, 1.82) is 0 Å². The van der Waals surface area contributed by atoms with Crippen LogP contribution in [-0.4, -0.2) is 26.1 Å². The van der Waals surface area contributed by atoms with E-state index in [1.807, 2.05) is 30.7 Å². The minimum atomic E-state index is 0.0405. The number of nitrogens with zero attached hydrogens (tertiary/aromatic N) is 3. The van der Waals surface area contributed by atoms with Gasteiger partial charge in [0.05, 0.1) is 6.04 Å². The highest BCUT2D eigenvalue weighted by Gasteiger charge is 2.15. The third kappa shape index (κ3) is 4.33. The normalized spacial score (nSPS) is 12.1. The van der Waals surface area contributed by atoms with Crippen molar-refractivity contribution in [2.24, 2.45) is 0 Å². The summed E-state index contributed by atoms with van der Waals surface area (Å²) >= 11 is 0. The van der Waals surface area contributed by atoms with Crippen LogP contribution in [-0.2, 0) is 13.0 Å². The third-order valence-corrected chi connectivity index (χ3v) is 4.62. The van der Waals surface area contributed by atoms with Gasteiger partial charge in [-0.1, -0.05) is 60.7 Å². The molecule has 2 aromatic carbocycles. The summed E-state index contributed by atoms with van der Waals surface area (Å²) in [6, 6.07) is 20.9. The standard InChI is InChI=1S/C22H23N5/c1-3-7-18(8-4-1)17-27-16-15-23-20(27)11-12-24-21(22-25-13-14-26-22)19-9-5-2-6-10-19/h1-10,13-16,21,24H,11-12,17H2,(H,25,26)/t21-/m0/s1.